The SMILES string of the molecule is Cn1c(=O)c(C=NC2CCCCC2)c(O)c2ccc(-c3ccc4cccnc4n3)cc21. The van der Waals surface area contributed by atoms with Crippen LogP contribution in [0.3, 0.4) is 0 Å². The van der Waals surface area contributed by atoms with Gasteiger partial charge in [-0.25, -0.2) is 9.97 Å². The highest BCUT2D eigenvalue weighted by atomic mass is 16.3. The van der Waals surface area contributed by atoms with Gasteiger partial charge in [-0.15, -0.1) is 0 Å². The zero-order chi connectivity index (χ0) is 21.4. The Labute approximate surface area is 179 Å². The first-order valence-electron chi connectivity index (χ1n) is 10.7. The molecule has 4 aromatic rings. The molecule has 1 saturated carbocycles. The topological polar surface area (TPSA) is 80.4 Å². The fraction of sp³-hybridized carbons (Fsp3) is 0.280. The summed E-state index contributed by atoms with van der Waals surface area (Å²) in [6.45, 7) is 0. The largest absolute Gasteiger partial charge is 0.506 e. The normalized spacial score (nSPS) is 15.3. The zero-order valence-electron chi connectivity index (χ0n) is 17.5. The van der Waals surface area contributed by atoms with E-state index in [1.807, 2.05) is 42.5 Å². The Morgan fingerprint density at radius 2 is 1.97 bits per heavy atom. The molecule has 1 aromatic carbocycles. The van der Waals surface area contributed by atoms with Crippen LogP contribution in [0.1, 0.15) is 37.7 Å². The number of pyridine rings is 3. The summed E-state index contributed by atoms with van der Waals surface area (Å²) in [6, 6.07) is 13.6. The van der Waals surface area contributed by atoms with E-state index in [0.717, 1.165) is 29.5 Å². The summed E-state index contributed by atoms with van der Waals surface area (Å²) in [5, 5.41) is 12.4. The molecule has 0 spiro atoms. The van der Waals surface area contributed by atoms with Crippen LogP contribution in [-0.4, -0.2) is 31.9 Å². The van der Waals surface area contributed by atoms with Crippen LogP contribution in [0.5, 0.6) is 5.75 Å². The fourth-order valence-electron chi connectivity index (χ4n) is 4.35. The maximum atomic E-state index is 13.0. The van der Waals surface area contributed by atoms with Gasteiger partial charge in [0.25, 0.3) is 5.56 Å². The number of aromatic nitrogens is 3. The van der Waals surface area contributed by atoms with Crippen molar-refractivity contribution in [1.29, 1.82) is 0 Å². The molecular formula is C25H24N4O2. The van der Waals surface area contributed by atoms with Crippen molar-refractivity contribution in [2.45, 2.75) is 38.1 Å². The Hall–Kier alpha value is -3.54. The predicted molar refractivity (Wildman–Crippen MR) is 124 cm³/mol. The zero-order valence-corrected chi connectivity index (χ0v) is 17.5. The number of hydrogen-bond donors (Lipinski definition) is 1. The van der Waals surface area contributed by atoms with Gasteiger partial charge in [0.1, 0.15) is 11.3 Å². The summed E-state index contributed by atoms with van der Waals surface area (Å²) in [4.78, 5) is 26.6. The second kappa shape index (κ2) is 7.95. The fourth-order valence-corrected chi connectivity index (χ4v) is 4.35. The molecule has 0 aliphatic heterocycles. The van der Waals surface area contributed by atoms with Crippen molar-refractivity contribution < 1.29 is 5.11 Å². The van der Waals surface area contributed by atoms with Gasteiger partial charge < -0.3 is 9.67 Å². The van der Waals surface area contributed by atoms with E-state index in [1.54, 1.807) is 24.0 Å². The van der Waals surface area contributed by atoms with E-state index in [2.05, 4.69) is 15.0 Å². The highest BCUT2D eigenvalue weighted by Gasteiger charge is 2.16. The monoisotopic (exact) mass is 412 g/mol. The van der Waals surface area contributed by atoms with Crippen LogP contribution in [-0.2, 0) is 7.05 Å². The molecule has 0 saturated heterocycles. The third kappa shape index (κ3) is 3.58. The van der Waals surface area contributed by atoms with Crippen molar-refractivity contribution in [2.24, 2.45) is 12.0 Å². The smallest absolute Gasteiger partial charge is 0.263 e. The van der Waals surface area contributed by atoms with E-state index in [0.29, 0.717) is 16.6 Å². The van der Waals surface area contributed by atoms with Crippen molar-refractivity contribution in [1.82, 2.24) is 14.5 Å². The standard InChI is InChI=1S/C25H24N4O2/c1-29-22-14-17(21-12-10-16-6-5-13-26-24(16)28-21)9-11-19(22)23(30)20(25(29)31)15-27-18-7-3-2-4-8-18/h5-6,9-15,18,30H,2-4,7-8H2,1H3. The first-order valence-corrected chi connectivity index (χ1v) is 10.7. The molecule has 0 atom stereocenters. The molecule has 5 rings (SSSR count). The van der Waals surface area contributed by atoms with Crippen LogP contribution in [0.15, 0.2) is 58.4 Å². The summed E-state index contributed by atoms with van der Waals surface area (Å²) in [5.41, 5.74) is 2.95. The van der Waals surface area contributed by atoms with Crippen LogP contribution in [0, 0.1) is 0 Å². The third-order valence-corrected chi connectivity index (χ3v) is 6.15. The number of nitrogens with zero attached hydrogens (tertiary/aromatic N) is 4. The summed E-state index contributed by atoms with van der Waals surface area (Å²) in [7, 11) is 1.72. The molecular weight excluding hydrogens is 388 g/mol. The lowest BCUT2D eigenvalue weighted by atomic mass is 9.96. The maximum absolute atomic E-state index is 13.0. The van der Waals surface area contributed by atoms with Gasteiger partial charge in [-0.05, 0) is 49.2 Å². The molecule has 3 aromatic heterocycles. The van der Waals surface area contributed by atoms with E-state index in [4.69, 9.17) is 0 Å². The first-order chi connectivity index (χ1) is 15.1. The molecule has 3 heterocycles. The van der Waals surface area contributed by atoms with E-state index < -0.39 is 0 Å². The first kappa shape index (κ1) is 19.4. The molecule has 6 heteroatoms. The minimum Gasteiger partial charge on any atom is -0.506 e. The number of aliphatic imine (C=N–C) groups is 1. The minimum absolute atomic E-state index is 0.0163. The van der Waals surface area contributed by atoms with E-state index in [1.165, 1.54) is 19.3 Å². The molecule has 0 unspecified atom stereocenters. The van der Waals surface area contributed by atoms with Crippen LogP contribution in [0.2, 0.25) is 0 Å². The molecule has 156 valence electrons. The van der Waals surface area contributed by atoms with Crippen molar-refractivity contribution in [3.63, 3.8) is 0 Å². The van der Waals surface area contributed by atoms with Gasteiger partial charge in [0, 0.05) is 41.8 Å². The molecule has 0 radical (unpaired) electrons. The number of aryl methyl sites for hydroxylation is 1. The van der Waals surface area contributed by atoms with E-state index in [-0.39, 0.29) is 22.9 Å². The van der Waals surface area contributed by atoms with Crippen LogP contribution in [0.25, 0.3) is 33.2 Å². The molecule has 0 bridgehead atoms. The van der Waals surface area contributed by atoms with Gasteiger partial charge in [0.2, 0.25) is 0 Å². The van der Waals surface area contributed by atoms with Crippen molar-refractivity contribution in [2.75, 3.05) is 0 Å². The quantitative estimate of drug-likeness (QED) is 0.499. The number of aromatic hydroxyl groups is 1. The summed E-state index contributed by atoms with van der Waals surface area (Å²) < 4.78 is 1.57. The average Bonchev–Trinajstić information content (AvgIpc) is 2.82. The summed E-state index contributed by atoms with van der Waals surface area (Å²) >= 11 is 0. The highest BCUT2D eigenvalue weighted by Crippen LogP contribution is 2.30. The molecule has 0 amide bonds. The van der Waals surface area contributed by atoms with Gasteiger partial charge >= 0.3 is 0 Å². The Kier molecular flexibility index (Phi) is 4.98. The lowest BCUT2D eigenvalue weighted by molar-refractivity contribution is 0.444. The molecule has 1 aliphatic carbocycles. The number of fused-ring (bicyclic) bond motifs is 2. The predicted octanol–water partition coefficient (Wildman–Crippen LogP) is 4.61. The van der Waals surface area contributed by atoms with Crippen molar-refractivity contribution in [3.8, 4) is 17.0 Å². The second-order valence-corrected chi connectivity index (χ2v) is 8.17. The Balaban J connectivity index is 1.58. The minimum atomic E-state index is -0.255. The van der Waals surface area contributed by atoms with Crippen molar-refractivity contribution in [3.05, 3.63) is 64.6 Å². The third-order valence-electron chi connectivity index (χ3n) is 6.15. The van der Waals surface area contributed by atoms with Crippen LogP contribution in [0.4, 0.5) is 0 Å². The lowest BCUT2D eigenvalue weighted by Crippen LogP contribution is -2.22. The Morgan fingerprint density at radius 1 is 1.13 bits per heavy atom. The maximum Gasteiger partial charge on any atom is 0.263 e. The van der Waals surface area contributed by atoms with Crippen LogP contribution < -0.4 is 5.56 Å². The van der Waals surface area contributed by atoms with E-state index in [9.17, 15) is 9.90 Å². The Morgan fingerprint density at radius 3 is 2.81 bits per heavy atom. The molecule has 1 N–H and O–H groups in total. The summed E-state index contributed by atoms with van der Waals surface area (Å²) in [6.07, 6.45) is 8.97. The van der Waals surface area contributed by atoms with Crippen LogP contribution >= 0.6 is 0 Å². The highest BCUT2D eigenvalue weighted by molar-refractivity contribution is 5.96. The van der Waals surface area contributed by atoms with Gasteiger partial charge in [-0.1, -0.05) is 25.3 Å². The van der Waals surface area contributed by atoms with Gasteiger partial charge in [-0.3, -0.25) is 9.79 Å². The second-order valence-electron chi connectivity index (χ2n) is 8.17. The molecule has 6 nitrogen and oxygen atoms in total. The van der Waals surface area contributed by atoms with Gasteiger partial charge in [0.15, 0.2) is 5.65 Å². The molecule has 31 heavy (non-hydrogen) atoms. The summed E-state index contributed by atoms with van der Waals surface area (Å²) in [5.74, 6) is -0.0163. The van der Waals surface area contributed by atoms with Gasteiger partial charge in [-0.2, -0.15) is 0 Å². The Bertz CT molecular complexity index is 1370. The molecule has 1 fully saturated rings. The van der Waals surface area contributed by atoms with Gasteiger partial charge in [0.05, 0.1) is 11.2 Å². The number of benzene rings is 1. The lowest BCUT2D eigenvalue weighted by Gasteiger charge is -2.17. The number of hydrogen-bond acceptors (Lipinski definition) is 5. The number of rotatable bonds is 3. The molecule has 1 aliphatic rings. The van der Waals surface area contributed by atoms with E-state index >= 15 is 0 Å². The average molecular weight is 412 g/mol. The van der Waals surface area contributed by atoms with Crippen molar-refractivity contribution >= 4 is 28.2 Å².